The Balaban J connectivity index is 2.05. The first kappa shape index (κ1) is 19.7. The highest BCUT2D eigenvalue weighted by Gasteiger charge is 2.21. The number of methoxy groups -OCH3 is 1. The lowest BCUT2D eigenvalue weighted by Crippen LogP contribution is -2.38. The van der Waals surface area contributed by atoms with Crippen LogP contribution in [0.15, 0.2) is 24.3 Å². The molecule has 1 aromatic carbocycles. The first-order valence-electron chi connectivity index (χ1n) is 8.95. The molecule has 1 aliphatic heterocycles. The number of benzene rings is 1. The Bertz CT molecular complexity index is 536. The monoisotopic (exact) mass is 351 g/mol. The van der Waals surface area contributed by atoms with Crippen LogP contribution in [0.4, 0.5) is 0 Å². The van der Waals surface area contributed by atoms with Crippen LogP contribution in [0.3, 0.4) is 0 Å². The lowest BCUT2D eigenvalue weighted by atomic mass is 10.1. The van der Waals surface area contributed by atoms with Crippen molar-refractivity contribution in [1.82, 2.24) is 4.90 Å². The van der Waals surface area contributed by atoms with Gasteiger partial charge >= 0.3 is 0 Å². The van der Waals surface area contributed by atoms with Crippen LogP contribution in [-0.4, -0.2) is 66.6 Å². The Morgan fingerprint density at radius 3 is 2.84 bits per heavy atom. The largest absolute Gasteiger partial charge is 0.491 e. The summed E-state index contributed by atoms with van der Waals surface area (Å²) in [5.74, 6) is 0.774. The molecule has 2 atom stereocenters. The Morgan fingerprint density at radius 2 is 2.04 bits per heavy atom. The van der Waals surface area contributed by atoms with Crippen LogP contribution in [0.5, 0.6) is 5.75 Å². The van der Waals surface area contributed by atoms with E-state index in [-0.39, 0.29) is 12.5 Å². The summed E-state index contributed by atoms with van der Waals surface area (Å²) in [6.07, 6.45) is 1.43. The number of rotatable bonds is 3. The molecule has 140 valence electrons. The molecule has 0 unspecified atom stereocenters. The fraction of sp³-hybridized carbons (Fsp3) is 0.632. The van der Waals surface area contributed by atoms with Gasteiger partial charge in [-0.25, -0.2) is 0 Å². The first-order valence-corrected chi connectivity index (χ1v) is 8.95. The lowest BCUT2D eigenvalue weighted by molar-refractivity contribution is -0.132. The van der Waals surface area contributed by atoms with E-state index in [1.165, 1.54) is 0 Å². The van der Waals surface area contributed by atoms with Crippen molar-refractivity contribution in [1.29, 1.82) is 0 Å². The minimum Gasteiger partial charge on any atom is -0.491 e. The van der Waals surface area contributed by atoms with E-state index in [4.69, 9.17) is 9.47 Å². The van der Waals surface area contributed by atoms with Crippen molar-refractivity contribution >= 4 is 5.91 Å². The molecule has 1 aromatic rings. The number of para-hydroxylation sites is 1. The Morgan fingerprint density at radius 1 is 1.24 bits per heavy atom. The fourth-order valence-corrected chi connectivity index (χ4v) is 2.94. The van der Waals surface area contributed by atoms with Crippen LogP contribution in [0.1, 0.15) is 31.2 Å². The average molecular weight is 351 g/mol. The predicted octanol–water partition coefficient (Wildman–Crippen LogP) is 1.38. The zero-order valence-electron chi connectivity index (χ0n) is 14.9. The number of aryl methyl sites for hydroxylation is 1. The topological polar surface area (TPSA) is 79.2 Å². The second-order valence-corrected chi connectivity index (χ2v) is 6.42. The minimum absolute atomic E-state index is 0.0232. The van der Waals surface area contributed by atoms with Gasteiger partial charge in [0.15, 0.2) is 0 Å². The van der Waals surface area contributed by atoms with Crippen molar-refractivity contribution in [2.24, 2.45) is 0 Å². The molecule has 0 aromatic heterocycles. The van der Waals surface area contributed by atoms with Gasteiger partial charge in [0.05, 0.1) is 19.1 Å². The van der Waals surface area contributed by atoms with E-state index in [2.05, 4.69) is 0 Å². The van der Waals surface area contributed by atoms with E-state index in [0.29, 0.717) is 32.5 Å². The molecule has 1 aliphatic rings. The number of nitrogens with zero attached hydrogens (tertiary/aromatic N) is 1. The van der Waals surface area contributed by atoms with Gasteiger partial charge in [0, 0.05) is 20.2 Å². The van der Waals surface area contributed by atoms with Gasteiger partial charge in [0.25, 0.3) is 0 Å². The second-order valence-electron chi connectivity index (χ2n) is 6.42. The van der Waals surface area contributed by atoms with Crippen molar-refractivity contribution in [3.8, 4) is 5.75 Å². The summed E-state index contributed by atoms with van der Waals surface area (Å²) in [5.41, 5.74) is 1.08. The van der Waals surface area contributed by atoms with Crippen LogP contribution in [0.25, 0.3) is 0 Å². The van der Waals surface area contributed by atoms with Crippen molar-refractivity contribution in [3.63, 3.8) is 0 Å². The van der Waals surface area contributed by atoms with Gasteiger partial charge in [-0.2, -0.15) is 0 Å². The quantitative estimate of drug-likeness (QED) is 0.860. The normalized spacial score (nSPS) is 22.8. The van der Waals surface area contributed by atoms with E-state index >= 15 is 0 Å². The third kappa shape index (κ3) is 6.30. The van der Waals surface area contributed by atoms with Crippen LogP contribution >= 0.6 is 0 Å². The molecule has 2 N–H and O–H groups in total. The van der Waals surface area contributed by atoms with Gasteiger partial charge in [0.2, 0.25) is 5.91 Å². The number of carbonyl (C=O) groups excluding carboxylic acids is 1. The van der Waals surface area contributed by atoms with E-state index < -0.39 is 12.2 Å². The maximum atomic E-state index is 12.3. The number of aliphatic hydroxyl groups excluding tert-OH is 2. The highest BCUT2D eigenvalue weighted by atomic mass is 16.5. The summed E-state index contributed by atoms with van der Waals surface area (Å²) in [4.78, 5) is 14.1. The molecule has 0 bridgehead atoms. The molecule has 6 heteroatoms. The summed E-state index contributed by atoms with van der Waals surface area (Å²) >= 11 is 0. The third-order valence-corrected chi connectivity index (χ3v) is 4.52. The van der Waals surface area contributed by atoms with Gasteiger partial charge < -0.3 is 24.6 Å². The molecule has 0 aliphatic carbocycles. The molecule has 25 heavy (non-hydrogen) atoms. The molecule has 0 fully saturated rings. The van der Waals surface area contributed by atoms with Crippen molar-refractivity contribution in [2.45, 2.75) is 44.3 Å². The number of amides is 1. The van der Waals surface area contributed by atoms with E-state index in [0.717, 1.165) is 30.6 Å². The second kappa shape index (κ2) is 10.4. The highest BCUT2D eigenvalue weighted by molar-refractivity contribution is 5.76. The molecule has 0 spiro atoms. The first-order chi connectivity index (χ1) is 12.1. The summed E-state index contributed by atoms with van der Waals surface area (Å²) in [5, 5.41) is 20.3. The van der Waals surface area contributed by atoms with Gasteiger partial charge in [-0.3, -0.25) is 4.79 Å². The number of ether oxygens (including phenoxy) is 2. The number of hydrogen-bond acceptors (Lipinski definition) is 5. The molecule has 2 rings (SSSR count). The minimum atomic E-state index is -0.982. The Kier molecular flexibility index (Phi) is 8.18. The van der Waals surface area contributed by atoms with Crippen molar-refractivity contribution < 1.29 is 24.5 Å². The molecule has 1 amide bonds. The lowest BCUT2D eigenvalue weighted by Gasteiger charge is -2.25. The number of hydrogen-bond donors (Lipinski definition) is 2. The molecule has 0 saturated carbocycles. The Hall–Kier alpha value is -1.63. The Labute approximate surface area is 149 Å². The maximum absolute atomic E-state index is 12.3. The molecule has 6 nitrogen and oxygen atoms in total. The number of aliphatic hydroxyl groups is 2. The summed E-state index contributed by atoms with van der Waals surface area (Å²) in [7, 11) is 1.57. The average Bonchev–Trinajstić information content (AvgIpc) is 2.64. The summed E-state index contributed by atoms with van der Waals surface area (Å²) < 4.78 is 10.7. The molecule has 1 heterocycles. The van der Waals surface area contributed by atoms with Crippen LogP contribution in [0, 0.1) is 0 Å². The van der Waals surface area contributed by atoms with Crippen LogP contribution < -0.4 is 4.74 Å². The van der Waals surface area contributed by atoms with Crippen molar-refractivity contribution in [2.75, 3.05) is 33.4 Å². The smallest absolute Gasteiger partial charge is 0.224 e. The summed E-state index contributed by atoms with van der Waals surface area (Å²) in [6, 6.07) is 7.76. The van der Waals surface area contributed by atoms with Gasteiger partial charge in [-0.15, -0.1) is 0 Å². The van der Waals surface area contributed by atoms with Gasteiger partial charge in [-0.1, -0.05) is 18.2 Å². The summed E-state index contributed by atoms with van der Waals surface area (Å²) in [6.45, 7) is 1.50. The highest BCUT2D eigenvalue weighted by Crippen LogP contribution is 2.21. The van der Waals surface area contributed by atoms with Gasteiger partial charge in [-0.05, 0) is 37.3 Å². The number of fused-ring (bicyclic) bond motifs is 1. The van der Waals surface area contributed by atoms with E-state index in [1.54, 1.807) is 12.0 Å². The van der Waals surface area contributed by atoms with Crippen molar-refractivity contribution in [3.05, 3.63) is 29.8 Å². The fourth-order valence-electron chi connectivity index (χ4n) is 2.94. The van der Waals surface area contributed by atoms with E-state index in [9.17, 15) is 15.0 Å². The zero-order chi connectivity index (χ0) is 18.1. The SMILES string of the molecule is COCCC(=O)N1CCCCc2ccccc2OC[C@@H](O)[C@@H](O)CC1. The van der Waals surface area contributed by atoms with Gasteiger partial charge in [0.1, 0.15) is 18.5 Å². The maximum Gasteiger partial charge on any atom is 0.224 e. The van der Waals surface area contributed by atoms with E-state index in [1.807, 2.05) is 24.3 Å². The third-order valence-electron chi connectivity index (χ3n) is 4.52. The predicted molar refractivity (Wildman–Crippen MR) is 94.6 cm³/mol. The molecular weight excluding hydrogens is 322 g/mol. The zero-order valence-corrected chi connectivity index (χ0v) is 14.9. The molecular formula is C19H29NO5. The number of carbonyl (C=O) groups is 1. The molecule has 0 radical (unpaired) electrons. The molecule has 0 saturated heterocycles. The standard InChI is InChI=1S/C19H29NO5/c1-24-13-10-19(23)20-11-5-4-7-15-6-2-3-8-18(15)25-14-17(22)16(21)9-12-20/h2-3,6,8,16-17,21-22H,4-5,7,9-14H2,1H3/t16-,17+/m0/s1. The van der Waals surface area contributed by atoms with Crippen LogP contribution in [0.2, 0.25) is 0 Å². The van der Waals surface area contributed by atoms with Crippen LogP contribution in [-0.2, 0) is 16.0 Å².